The van der Waals surface area contributed by atoms with E-state index in [4.69, 9.17) is 9.47 Å². The Bertz CT molecular complexity index is 992. The van der Waals surface area contributed by atoms with E-state index >= 15 is 0 Å². The summed E-state index contributed by atoms with van der Waals surface area (Å²) in [4.78, 5) is 31.8. The van der Waals surface area contributed by atoms with Crippen molar-refractivity contribution in [2.75, 3.05) is 19.8 Å². The summed E-state index contributed by atoms with van der Waals surface area (Å²) in [7, 11) is 0. The highest BCUT2D eigenvalue weighted by molar-refractivity contribution is 5.94. The summed E-state index contributed by atoms with van der Waals surface area (Å²) in [5.74, 6) is -0.184. The number of fused-ring (bicyclic) bond motifs is 2. The molecular formula is C26H31N3O5. The first kappa shape index (κ1) is 23.0. The molecule has 3 aliphatic rings. The molecule has 34 heavy (non-hydrogen) atoms. The van der Waals surface area contributed by atoms with Crippen LogP contribution in [0.3, 0.4) is 0 Å². The monoisotopic (exact) mass is 465 g/mol. The fraction of sp³-hybridized carbons (Fsp3) is 0.500. The highest BCUT2D eigenvalue weighted by Gasteiger charge is 2.40. The van der Waals surface area contributed by atoms with Crippen LogP contribution in [0.15, 0.2) is 48.8 Å². The van der Waals surface area contributed by atoms with Crippen LogP contribution in [0.4, 0.5) is 0 Å². The third kappa shape index (κ3) is 5.14. The molecule has 0 saturated carbocycles. The minimum absolute atomic E-state index is 0.00765. The minimum atomic E-state index is -0.763. The number of rotatable bonds is 4. The van der Waals surface area contributed by atoms with E-state index in [1.165, 1.54) is 17.3 Å². The van der Waals surface area contributed by atoms with E-state index in [0.29, 0.717) is 18.4 Å². The summed E-state index contributed by atoms with van der Waals surface area (Å²) < 4.78 is 12.0. The minimum Gasteiger partial charge on any atom is -0.389 e. The van der Waals surface area contributed by atoms with E-state index in [1.807, 2.05) is 12.1 Å². The van der Waals surface area contributed by atoms with Gasteiger partial charge in [-0.15, -0.1) is 0 Å². The Kier molecular flexibility index (Phi) is 6.89. The molecule has 4 atom stereocenters. The molecule has 1 aromatic heterocycles. The predicted molar refractivity (Wildman–Crippen MR) is 124 cm³/mol. The first-order chi connectivity index (χ1) is 16.6. The van der Waals surface area contributed by atoms with E-state index in [1.54, 1.807) is 23.2 Å². The molecule has 2 amide bonds. The Morgan fingerprint density at radius 2 is 1.88 bits per heavy atom. The Hall–Kier alpha value is -2.81. The van der Waals surface area contributed by atoms with Crippen molar-refractivity contribution < 1.29 is 24.2 Å². The number of pyridine rings is 1. The second kappa shape index (κ2) is 10.2. The molecule has 2 N–H and O–H groups in total. The summed E-state index contributed by atoms with van der Waals surface area (Å²) in [6, 6.07) is 11.7. The normalized spacial score (nSPS) is 27.3. The Balaban J connectivity index is 1.20. The summed E-state index contributed by atoms with van der Waals surface area (Å²) >= 11 is 0. The lowest BCUT2D eigenvalue weighted by atomic mass is 9.94. The molecule has 2 aromatic rings. The third-order valence-corrected chi connectivity index (χ3v) is 6.98. The van der Waals surface area contributed by atoms with E-state index in [9.17, 15) is 14.7 Å². The van der Waals surface area contributed by atoms with E-state index in [0.717, 1.165) is 12.8 Å². The number of nitrogens with one attached hydrogen (secondary N) is 1. The van der Waals surface area contributed by atoms with Crippen LogP contribution in [-0.4, -0.2) is 77.0 Å². The Morgan fingerprint density at radius 1 is 1.09 bits per heavy atom. The first-order valence-electron chi connectivity index (χ1n) is 12.0. The van der Waals surface area contributed by atoms with Gasteiger partial charge in [0.1, 0.15) is 6.10 Å². The maximum Gasteiger partial charge on any atom is 0.255 e. The van der Waals surface area contributed by atoms with Crippen molar-refractivity contribution >= 4 is 11.8 Å². The molecular weight excluding hydrogens is 434 g/mol. The van der Waals surface area contributed by atoms with Crippen molar-refractivity contribution in [2.45, 2.75) is 62.5 Å². The SMILES string of the molecule is O=C(C[C@H]1CC[C@@H]2[C@H](COC[C@H](O)CN2C(=O)c2cccnc2)O1)NC1Cc2ccccc2C1. The van der Waals surface area contributed by atoms with Crippen molar-refractivity contribution in [3.8, 4) is 0 Å². The fourth-order valence-electron chi connectivity index (χ4n) is 5.38. The summed E-state index contributed by atoms with van der Waals surface area (Å²) in [6.45, 7) is 0.580. The maximum atomic E-state index is 13.2. The molecule has 2 fully saturated rings. The molecule has 8 heteroatoms. The predicted octanol–water partition coefficient (Wildman–Crippen LogP) is 1.50. The second-order valence-corrected chi connectivity index (χ2v) is 9.48. The second-order valence-electron chi connectivity index (χ2n) is 9.48. The van der Waals surface area contributed by atoms with Crippen LogP contribution in [0, 0.1) is 0 Å². The Labute approximate surface area is 199 Å². The molecule has 8 nitrogen and oxygen atoms in total. The van der Waals surface area contributed by atoms with Crippen LogP contribution in [0.1, 0.15) is 40.7 Å². The molecule has 0 bridgehead atoms. The van der Waals surface area contributed by atoms with Crippen molar-refractivity contribution in [1.82, 2.24) is 15.2 Å². The molecule has 1 aromatic carbocycles. The van der Waals surface area contributed by atoms with Gasteiger partial charge < -0.3 is 24.8 Å². The standard InChI is InChI=1S/C26H31N3O5/c30-21-14-29(26(32)19-6-3-9-27-13-19)23-8-7-22(34-24(23)16-33-15-21)12-25(31)28-20-10-17-4-1-2-5-18(17)11-20/h1-6,9,13,20-24,30H,7-8,10-12,14-16H2,(H,28,31)/t21-,22-,23-,24+/m1/s1. The zero-order valence-electron chi connectivity index (χ0n) is 19.1. The zero-order valence-corrected chi connectivity index (χ0v) is 19.1. The highest BCUT2D eigenvalue weighted by Crippen LogP contribution is 2.29. The van der Waals surface area contributed by atoms with Gasteiger partial charge in [0, 0.05) is 25.0 Å². The number of β-amino-alcohol motifs (C(OH)–C–C–N with tert-alkyl or cyclic N) is 1. The number of aliphatic hydroxyl groups excluding tert-OH is 1. The maximum absolute atomic E-state index is 13.2. The average molecular weight is 466 g/mol. The van der Waals surface area contributed by atoms with Gasteiger partial charge in [-0.05, 0) is 48.9 Å². The number of ether oxygens (including phenoxy) is 2. The van der Waals surface area contributed by atoms with Crippen molar-refractivity contribution in [1.29, 1.82) is 0 Å². The van der Waals surface area contributed by atoms with Gasteiger partial charge in [0.15, 0.2) is 0 Å². The van der Waals surface area contributed by atoms with Gasteiger partial charge in [0.25, 0.3) is 5.91 Å². The third-order valence-electron chi connectivity index (χ3n) is 6.98. The molecule has 1 aliphatic carbocycles. The van der Waals surface area contributed by atoms with Crippen molar-refractivity contribution in [3.05, 3.63) is 65.5 Å². The van der Waals surface area contributed by atoms with Gasteiger partial charge in [-0.25, -0.2) is 0 Å². The molecule has 2 aliphatic heterocycles. The van der Waals surface area contributed by atoms with Gasteiger partial charge in [-0.2, -0.15) is 0 Å². The number of hydrogen-bond donors (Lipinski definition) is 2. The van der Waals surface area contributed by atoms with Crippen LogP contribution in [0.25, 0.3) is 0 Å². The molecule has 0 unspecified atom stereocenters. The van der Waals surface area contributed by atoms with Gasteiger partial charge in [-0.3, -0.25) is 14.6 Å². The number of nitrogens with zero attached hydrogens (tertiary/aromatic N) is 2. The zero-order chi connectivity index (χ0) is 23.5. The van der Waals surface area contributed by atoms with Crippen LogP contribution < -0.4 is 5.32 Å². The number of carbonyl (C=O) groups excluding carboxylic acids is 2. The topological polar surface area (TPSA) is 101 Å². The largest absolute Gasteiger partial charge is 0.389 e. The number of hydrogen-bond acceptors (Lipinski definition) is 6. The lowest BCUT2D eigenvalue weighted by Crippen LogP contribution is -2.57. The quantitative estimate of drug-likeness (QED) is 0.710. The molecule has 3 heterocycles. The van der Waals surface area contributed by atoms with Gasteiger partial charge in [0.2, 0.25) is 5.91 Å². The number of aromatic nitrogens is 1. The Morgan fingerprint density at radius 3 is 2.62 bits per heavy atom. The summed E-state index contributed by atoms with van der Waals surface area (Å²) in [6.07, 6.45) is 5.17. The van der Waals surface area contributed by atoms with Crippen LogP contribution in [0.5, 0.6) is 0 Å². The summed E-state index contributed by atoms with van der Waals surface area (Å²) in [5, 5.41) is 13.5. The molecule has 0 radical (unpaired) electrons. The van der Waals surface area contributed by atoms with Crippen molar-refractivity contribution in [3.63, 3.8) is 0 Å². The van der Waals surface area contributed by atoms with Crippen LogP contribution in [0.2, 0.25) is 0 Å². The van der Waals surface area contributed by atoms with Gasteiger partial charge in [0.05, 0.1) is 43.4 Å². The smallest absolute Gasteiger partial charge is 0.255 e. The lowest BCUT2D eigenvalue weighted by molar-refractivity contribution is -0.151. The van der Waals surface area contributed by atoms with Gasteiger partial charge in [-0.1, -0.05) is 24.3 Å². The first-order valence-corrected chi connectivity index (χ1v) is 12.0. The number of aliphatic hydroxyl groups is 1. The molecule has 2 saturated heterocycles. The molecule has 180 valence electrons. The summed E-state index contributed by atoms with van der Waals surface area (Å²) in [5.41, 5.74) is 3.09. The molecule has 5 rings (SSSR count). The average Bonchev–Trinajstić information content (AvgIpc) is 3.24. The lowest BCUT2D eigenvalue weighted by Gasteiger charge is -2.44. The van der Waals surface area contributed by atoms with Crippen molar-refractivity contribution in [2.24, 2.45) is 0 Å². The fourth-order valence-corrected chi connectivity index (χ4v) is 5.38. The molecule has 0 spiro atoms. The van der Waals surface area contributed by atoms with Crippen LogP contribution in [-0.2, 0) is 27.1 Å². The van der Waals surface area contributed by atoms with Gasteiger partial charge >= 0.3 is 0 Å². The van der Waals surface area contributed by atoms with E-state index < -0.39 is 6.10 Å². The number of carbonyl (C=O) groups is 2. The number of amides is 2. The van der Waals surface area contributed by atoms with Crippen LogP contribution >= 0.6 is 0 Å². The highest BCUT2D eigenvalue weighted by atomic mass is 16.5. The number of benzene rings is 1. The van der Waals surface area contributed by atoms with E-state index in [-0.39, 0.29) is 62.3 Å². The van der Waals surface area contributed by atoms with E-state index in [2.05, 4.69) is 22.4 Å².